The average Bonchev–Trinajstić information content (AvgIpc) is 2.78. The van der Waals surface area contributed by atoms with Crippen molar-refractivity contribution in [2.75, 3.05) is 59.5 Å². The van der Waals surface area contributed by atoms with Crippen molar-refractivity contribution in [2.45, 2.75) is 31.6 Å². The summed E-state index contributed by atoms with van der Waals surface area (Å²) in [4.78, 5) is 6.78. The van der Waals surface area contributed by atoms with Gasteiger partial charge in [-0.2, -0.15) is 4.31 Å². The maximum atomic E-state index is 12.8. The first kappa shape index (κ1) is 23.0. The van der Waals surface area contributed by atoms with Gasteiger partial charge in [0.2, 0.25) is 10.0 Å². The normalized spacial score (nSPS) is 19.6. The molecule has 0 radical (unpaired) electrons. The van der Waals surface area contributed by atoms with E-state index < -0.39 is 10.0 Å². The monoisotopic (exact) mass is 437 g/mol. The fourth-order valence-corrected chi connectivity index (χ4v) is 5.46. The van der Waals surface area contributed by atoms with E-state index in [-0.39, 0.29) is 5.75 Å². The highest BCUT2D eigenvalue weighted by molar-refractivity contribution is 7.88. The zero-order valence-corrected chi connectivity index (χ0v) is 18.8. The number of sulfonamides is 1. The Bertz CT molecular complexity index is 788. The first-order chi connectivity index (χ1) is 14.6. The molecule has 0 bridgehead atoms. The molecule has 0 atom stereocenters. The van der Waals surface area contributed by atoms with Gasteiger partial charge in [0.1, 0.15) is 0 Å². The summed E-state index contributed by atoms with van der Waals surface area (Å²) < 4.78 is 32.4. The lowest BCUT2D eigenvalue weighted by molar-refractivity contribution is 0.0729. The van der Waals surface area contributed by atoms with E-state index in [1.165, 1.54) is 36.7 Å². The largest absolute Gasteiger partial charge is 0.379 e. The molecule has 2 aliphatic rings. The summed E-state index contributed by atoms with van der Waals surface area (Å²) in [5.41, 5.74) is 1.79. The lowest BCUT2D eigenvalue weighted by Crippen LogP contribution is -2.42. The van der Waals surface area contributed by atoms with Crippen LogP contribution in [-0.4, -0.2) is 83.1 Å². The van der Waals surface area contributed by atoms with Gasteiger partial charge in [-0.25, -0.2) is 8.42 Å². The summed E-state index contributed by atoms with van der Waals surface area (Å²) in [7, 11) is -1.60. The predicted octanol–water partition coefficient (Wildman–Crippen LogP) is 1.000. The highest BCUT2D eigenvalue weighted by atomic mass is 32.2. The van der Waals surface area contributed by atoms with Crippen LogP contribution in [0.2, 0.25) is 0 Å². The molecule has 0 aliphatic carbocycles. The number of benzene rings is 1. The molecule has 2 aliphatic heterocycles. The molecule has 1 aromatic rings. The number of hydrogen-bond acceptors (Lipinski definition) is 5. The van der Waals surface area contributed by atoms with E-state index in [4.69, 9.17) is 4.74 Å². The van der Waals surface area contributed by atoms with Crippen molar-refractivity contribution in [3.63, 3.8) is 0 Å². The highest BCUT2D eigenvalue weighted by Crippen LogP contribution is 2.16. The van der Waals surface area contributed by atoms with Gasteiger partial charge in [-0.3, -0.25) is 4.99 Å². The molecule has 8 nitrogen and oxygen atoms in total. The Labute approximate surface area is 180 Å². The molecule has 0 saturated carbocycles. The Morgan fingerprint density at radius 3 is 2.43 bits per heavy atom. The van der Waals surface area contributed by atoms with Crippen molar-refractivity contribution in [3.05, 3.63) is 35.4 Å². The second-order valence-corrected chi connectivity index (χ2v) is 9.76. The van der Waals surface area contributed by atoms with Gasteiger partial charge in [0.25, 0.3) is 0 Å². The van der Waals surface area contributed by atoms with E-state index in [9.17, 15) is 8.42 Å². The summed E-state index contributed by atoms with van der Waals surface area (Å²) in [5, 5.41) is 6.68. The number of nitrogens with zero attached hydrogens (tertiary/aromatic N) is 3. The third-order valence-electron chi connectivity index (χ3n) is 5.66. The molecule has 2 fully saturated rings. The van der Waals surface area contributed by atoms with Crippen molar-refractivity contribution in [1.29, 1.82) is 0 Å². The van der Waals surface area contributed by atoms with Crippen LogP contribution < -0.4 is 10.6 Å². The number of rotatable bonds is 8. The van der Waals surface area contributed by atoms with Gasteiger partial charge in [-0.05, 0) is 37.1 Å². The lowest BCUT2D eigenvalue weighted by Gasteiger charge is -2.27. The molecule has 0 aromatic heterocycles. The second-order valence-electron chi connectivity index (χ2n) is 7.79. The van der Waals surface area contributed by atoms with Crippen LogP contribution in [0.25, 0.3) is 0 Å². The van der Waals surface area contributed by atoms with Crippen LogP contribution in [0.15, 0.2) is 29.3 Å². The van der Waals surface area contributed by atoms with E-state index in [0.29, 0.717) is 32.8 Å². The molecule has 0 unspecified atom stereocenters. The van der Waals surface area contributed by atoms with Crippen molar-refractivity contribution in [1.82, 2.24) is 19.8 Å². The third kappa shape index (κ3) is 6.94. The van der Waals surface area contributed by atoms with Gasteiger partial charge >= 0.3 is 0 Å². The fraction of sp³-hybridized carbons (Fsp3) is 0.667. The number of ether oxygens (including phenoxy) is 1. The van der Waals surface area contributed by atoms with E-state index in [2.05, 4.69) is 20.5 Å². The molecule has 2 saturated heterocycles. The van der Waals surface area contributed by atoms with Crippen LogP contribution in [-0.2, 0) is 27.1 Å². The average molecular weight is 438 g/mol. The minimum atomic E-state index is -3.36. The zero-order valence-electron chi connectivity index (χ0n) is 18.0. The lowest BCUT2D eigenvalue weighted by atomic mass is 10.1. The number of piperidine rings is 1. The maximum Gasteiger partial charge on any atom is 0.218 e. The number of likely N-dealkylation sites (tertiary alicyclic amines) is 1. The predicted molar refractivity (Wildman–Crippen MR) is 120 cm³/mol. The minimum absolute atomic E-state index is 0.00580. The van der Waals surface area contributed by atoms with Gasteiger partial charge in [0, 0.05) is 39.8 Å². The van der Waals surface area contributed by atoms with Crippen LogP contribution >= 0.6 is 0 Å². The molecule has 1 aromatic carbocycles. The highest BCUT2D eigenvalue weighted by Gasteiger charge is 2.25. The molecule has 0 amide bonds. The molecule has 2 heterocycles. The van der Waals surface area contributed by atoms with Crippen LogP contribution in [0.3, 0.4) is 0 Å². The van der Waals surface area contributed by atoms with Crippen molar-refractivity contribution >= 4 is 16.0 Å². The molecular weight excluding hydrogens is 402 g/mol. The number of nitrogens with one attached hydrogen (secondary N) is 2. The van der Waals surface area contributed by atoms with E-state index in [1.54, 1.807) is 7.05 Å². The van der Waals surface area contributed by atoms with Gasteiger partial charge < -0.3 is 20.3 Å². The Kier molecular flexibility index (Phi) is 8.92. The smallest absolute Gasteiger partial charge is 0.218 e. The number of aliphatic imine (C=N–C) groups is 1. The quantitative estimate of drug-likeness (QED) is 0.466. The van der Waals surface area contributed by atoms with Gasteiger partial charge in [-0.15, -0.1) is 0 Å². The Morgan fingerprint density at radius 2 is 1.73 bits per heavy atom. The van der Waals surface area contributed by atoms with Crippen molar-refractivity contribution in [3.8, 4) is 0 Å². The van der Waals surface area contributed by atoms with Crippen molar-refractivity contribution < 1.29 is 13.2 Å². The molecule has 30 heavy (non-hydrogen) atoms. The van der Waals surface area contributed by atoms with Gasteiger partial charge in [0.05, 0.1) is 19.0 Å². The third-order valence-corrected chi connectivity index (χ3v) is 7.49. The minimum Gasteiger partial charge on any atom is -0.379 e. The Morgan fingerprint density at radius 1 is 1.03 bits per heavy atom. The standard InChI is InChI=1S/C21H35N5O3S/c1-22-21(23-9-12-25-10-5-2-6-11-25)24-17-19-7-3-4-8-20(19)18-30(27,28)26-13-15-29-16-14-26/h3-4,7-8H,2,5-6,9-18H2,1H3,(H2,22,23,24). The fourth-order valence-electron chi connectivity index (χ4n) is 3.90. The van der Waals surface area contributed by atoms with Gasteiger partial charge in [0.15, 0.2) is 5.96 Å². The number of morpholine rings is 1. The molecule has 2 N–H and O–H groups in total. The number of hydrogen-bond donors (Lipinski definition) is 2. The van der Waals surface area contributed by atoms with E-state index >= 15 is 0 Å². The van der Waals surface area contributed by atoms with E-state index in [1.807, 2.05) is 24.3 Å². The molecule has 9 heteroatoms. The van der Waals surface area contributed by atoms with Crippen molar-refractivity contribution in [2.24, 2.45) is 4.99 Å². The van der Waals surface area contributed by atoms with Gasteiger partial charge in [-0.1, -0.05) is 30.7 Å². The first-order valence-electron chi connectivity index (χ1n) is 10.9. The van der Waals surface area contributed by atoms with Crippen LogP contribution in [0, 0.1) is 0 Å². The number of guanidine groups is 1. The first-order valence-corrected chi connectivity index (χ1v) is 12.5. The Hall–Kier alpha value is -1.68. The zero-order chi connectivity index (χ0) is 21.2. The maximum absolute atomic E-state index is 12.8. The SMILES string of the molecule is CN=C(NCCN1CCCCC1)NCc1ccccc1CS(=O)(=O)N1CCOCC1. The van der Waals surface area contributed by atoms with Crippen LogP contribution in [0.5, 0.6) is 0 Å². The summed E-state index contributed by atoms with van der Waals surface area (Å²) >= 11 is 0. The van der Waals surface area contributed by atoms with Crippen LogP contribution in [0.1, 0.15) is 30.4 Å². The molecule has 168 valence electrons. The summed E-state index contributed by atoms with van der Waals surface area (Å²) in [5.74, 6) is 0.740. The molecule has 0 spiro atoms. The summed E-state index contributed by atoms with van der Waals surface area (Å²) in [6.07, 6.45) is 3.92. The molecular formula is C21H35N5O3S. The summed E-state index contributed by atoms with van der Waals surface area (Å²) in [6.45, 7) is 6.51. The van der Waals surface area contributed by atoms with Crippen LogP contribution in [0.4, 0.5) is 0 Å². The Balaban J connectivity index is 1.52. The summed E-state index contributed by atoms with van der Waals surface area (Å²) in [6, 6.07) is 7.69. The van der Waals surface area contributed by atoms with E-state index in [0.717, 1.165) is 30.2 Å². The molecule has 3 rings (SSSR count). The topological polar surface area (TPSA) is 86.3 Å². The second kappa shape index (κ2) is 11.6.